The van der Waals surface area contributed by atoms with E-state index in [4.69, 9.17) is 9.84 Å². The minimum atomic E-state index is -1.20. The number of H-pyrrole nitrogens is 1. The molecule has 0 bridgehead atoms. The first kappa shape index (κ1) is 12.6. The van der Waals surface area contributed by atoms with Gasteiger partial charge >= 0.3 is 5.69 Å². The maximum Gasteiger partial charge on any atom is 0.330 e. The lowest BCUT2D eigenvalue weighted by Crippen LogP contribution is -2.33. The highest BCUT2D eigenvalue weighted by Gasteiger charge is 2.30. The number of halogens is 1. The van der Waals surface area contributed by atoms with E-state index in [2.05, 4.69) is 0 Å². The molecule has 0 spiro atoms. The van der Waals surface area contributed by atoms with Crippen LogP contribution < -0.4 is 11.2 Å². The van der Waals surface area contributed by atoms with Crippen molar-refractivity contribution >= 4 is 0 Å². The van der Waals surface area contributed by atoms with E-state index < -0.39 is 23.6 Å². The molecule has 0 aliphatic carbocycles. The van der Waals surface area contributed by atoms with Gasteiger partial charge in [0.05, 0.1) is 6.61 Å². The maximum atomic E-state index is 13.2. The summed E-state index contributed by atoms with van der Waals surface area (Å²) in [6.07, 6.45) is -0.585. The van der Waals surface area contributed by atoms with E-state index in [0.29, 0.717) is 0 Å². The Hall–Kier alpha value is -1.47. The van der Waals surface area contributed by atoms with Gasteiger partial charge in [0.25, 0.3) is 5.56 Å². The molecule has 2 rings (SSSR count). The summed E-state index contributed by atoms with van der Waals surface area (Å²) in [7, 11) is 1.00. The summed E-state index contributed by atoms with van der Waals surface area (Å²) in [6, 6.07) is 1.16. The molecule has 1 saturated heterocycles. The highest BCUT2D eigenvalue weighted by molar-refractivity contribution is 4.87. The number of rotatable bonds is 1. The van der Waals surface area contributed by atoms with Gasteiger partial charge in [-0.2, -0.15) is 0 Å². The van der Waals surface area contributed by atoms with Gasteiger partial charge in [-0.3, -0.25) is 14.3 Å². The monoisotopic (exact) mass is 232 g/mol. The number of aromatic amines is 1. The van der Waals surface area contributed by atoms with E-state index in [1.165, 1.54) is 6.20 Å². The minimum absolute atomic E-state index is 0.274. The molecule has 0 radical (unpaired) electrons. The zero-order chi connectivity index (χ0) is 12.1. The minimum Gasteiger partial charge on any atom is -0.400 e. The molecule has 0 aromatic carbocycles. The molecule has 0 amide bonds. The fraction of sp³-hybridized carbons (Fsp3) is 0.556. The Balaban J connectivity index is 0.000000606. The number of alkyl halides is 1. The van der Waals surface area contributed by atoms with Crippen molar-refractivity contribution in [2.24, 2.45) is 0 Å². The Morgan fingerprint density at radius 3 is 2.75 bits per heavy atom. The van der Waals surface area contributed by atoms with Gasteiger partial charge in [0.2, 0.25) is 0 Å². The van der Waals surface area contributed by atoms with Gasteiger partial charge in [0.1, 0.15) is 6.17 Å². The number of aliphatic hydroxyl groups excluding tert-OH is 1. The van der Waals surface area contributed by atoms with Crippen LogP contribution in [0.5, 0.6) is 0 Å². The van der Waals surface area contributed by atoms with Crippen molar-refractivity contribution in [1.82, 2.24) is 9.55 Å². The molecular formula is C9H13FN2O4. The average Bonchev–Trinajstić information content (AvgIpc) is 2.68. The van der Waals surface area contributed by atoms with Crippen molar-refractivity contribution in [1.29, 1.82) is 0 Å². The topological polar surface area (TPSA) is 84.3 Å². The molecule has 2 unspecified atom stereocenters. The lowest BCUT2D eigenvalue weighted by atomic mass is 10.3. The smallest absolute Gasteiger partial charge is 0.330 e. The molecule has 16 heavy (non-hydrogen) atoms. The number of aliphatic hydroxyl groups is 1. The predicted octanol–water partition coefficient (Wildman–Crippen LogP) is -0.598. The van der Waals surface area contributed by atoms with Crippen molar-refractivity contribution in [2.45, 2.75) is 18.8 Å². The van der Waals surface area contributed by atoms with Crippen LogP contribution >= 0.6 is 0 Å². The third kappa shape index (κ3) is 2.56. The fourth-order valence-corrected chi connectivity index (χ4v) is 1.43. The molecule has 1 aromatic rings. The van der Waals surface area contributed by atoms with Crippen molar-refractivity contribution < 1.29 is 14.2 Å². The average molecular weight is 232 g/mol. The fourth-order valence-electron chi connectivity index (χ4n) is 1.43. The molecule has 7 heteroatoms. The molecule has 1 aromatic heterocycles. The lowest BCUT2D eigenvalue weighted by Gasteiger charge is -2.14. The van der Waals surface area contributed by atoms with Crippen molar-refractivity contribution in [3.63, 3.8) is 0 Å². The van der Waals surface area contributed by atoms with Crippen molar-refractivity contribution in [3.05, 3.63) is 33.1 Å². The van der Waals surface area contributed by atoms with Crippen LogP contribution in [0.4, 0.5) is 4.39 Å². The second-order valence-electron chi connectivity index (χ2n) is 3.08. The number of hydrogen-bond acceptors (Lipinski definition) is 4. The summed E-state index contributed by atoms with van der Waals surface area (Å²) < 4.78 is 19.3. The Kier molecular flexibility index (Phi) is 4.39. The van der Waals surface area contributed by atoms with E-state index in [1.807, 2.05) is 4.98 Å². The van der Waals surface area contributed by atoms with Crippen LogP contribution in [0.25, 0.3) is 0 Å². The van der Waals surface area contributed by atoms with Crippen LogP contribution in [0.2, 0.25) is 0 Å². The summed E-state index contributed by atoms with van der Waals surface area (Å²) >= 11 is 0. The summed E-state index contributed by atoms with van der Waals surface area (Å²) in [6.45, 7) is 0.289. The van der Waals surface area contributed by atoms with E-state index in [-0.39, 0.29) is 13.0 Å². The van der Waals surface area contributed by atoms with Crippen LogP contribution in [0.3, 0.4) is 0 Å². The summed E-state index contributed by atoms with van der Waals surface area (Å²) in [5.41, 5.74) is -1.15. The predicted molar refractivity (Wildman–Crippen MR) is 54.0 cm³/mol. The van der Waals surface area contributed by atoms with Crippen LogP contribution in [-0.2, 0) is 4.74 Å². The zero-order valence-corrected chi connectivity index (χ0v) is 8.72. The van der Waals surface area contributed by atoms with Crippen LogP contribution in [0.1, 0.15) is 12.6 Å². The van der Waals surface area contributed by atoms with E-state index >= 15 is 0 Å². The molecule has 90 valence electrons. The van der Waals surface area contributed by atoms with Gasteiger partial charge in [0, 0.05) is 25.8 Å². The molecule has 1 fully saturated rings. The molecule has 2 atom stereocenters. The summed E-state index contributed by atoms with van der Waals surface area (Å²) in [5.74, 6) is 0. The second-order valence-corrected chi connectivity index (χ2v) is 3.08. The molecule has 1 aliphatic rings. The lowest BCUT2D eigenvalue weighted by molar-refractivity contribution is 0.0178. The number of hydrogen-bond donors (Lipinski definition) is 2. The van der Waals surface area contributed by atoms with Crippen molar-refractivity contribution in [3.8, 4) is 0 Å². The SMILES string of the molecule is CO.O=c1ccn(C2OCCC2F)c(=O)[nH]1. The number of nitrogens with zero attached hydrogens (tertiary/aromatic N) is 1. The molecule has 6 nitrogen and oxygen atoms in total. The van der Waals surface area contributed by atoms with E-state index in [9.17, 15) is 14.0 Å². The third-order valence-electron chi connectivity index (χ3n) is 2.12. The number of aromatic nitrogens is 2. The standard InChI is InChI=1S/C8H9FN2O3.CH4O/c9-5-2-4-14-7(5)11-3-1-6(12)10-8(11)13;1-2/h1,3,5,7H,2,4H2,(H,10,12,13);2H,1H3. The van der Waals surface area contributed by atoms with Gasteiger partial charge in [-0.1, -0.05) is 0 Å². The molecule has 2 N–H and O–H groups in total. The second kappa shape index (κ2) is 5.57. The molecule has 1 aliphatic heterocycles. The number of ether oxygens (including phenoxy) is 1. The van der Waals surface area contributed by atoms with Gasteiger partial charge in [-0.25, -0.2) is 9.18 Å². The first-order valence-electron chi connectivity index (χ1n) is 4.70. The third-order valence-corrected chi connectivity index (χ3v) is 2.12. The number of nitrogens with one attached hydrogen (secondary N) is 1. The Morgan fingerprint density at radius 2 is 2.25 bits per heavy atom. The van der Waals surface area contributed by atoms with E-state index in [1.54, 1.807) is 0 Å². The first-order chi connectivity index (χ1) is 7.68. The van der Waals surface area contributed by atoms with Crippen LogP contribution in [-0.4, -0.2) is 34.5 Å². The highest BCUT2D eigenvalue weighted by Crippen LogP contribution is 2.24. The molecular weight excluding hydrogens is 219 g/mol. The first-order valence-corrected chi connectivity index (χ1v) is 4.70. The van der Waals surface area contributed by atoms with Crippen LogP contribution in [0, 0.1) is 0 Å². The largest absolute Gasteiger partial charge is 0.400 e. The van der Waals surface area contributed by atoms with Gasteiger partial charge < -0.3 is 9.84 Å². The molecule has 2 heterocycles. The highest BCUT2D eigenvalue weighted by atomic mass is 19.1. The van der Waals surface area contributed by atoms with Crippen LogP contribution in [0.15, 0.2) is 21.9 Å². The summed E-state index contributed by atoms with van der Waals surface area (Å²) in [5, 5.41) is 7.00. The van der Waals surface area contributed by atoms with E-state index in [0.717, 1.165) is 17.7 Å². The Bertz CT molecular complexity index is 442. The van der Waals surface area contributed by atoms with Gasteiger partial charge in [-0.15, -0.1) is 0 Å². The van der Waals surface area contributed by atoms with Gasteiger partial charge in [0.15, 0.2) is 6.23 Å². The summed E-state index contributed by atoms with van der Waals surface area (Å²) in [4.78, 5) is 24.0. The van der Waals surface area contributed by atoms with Gasteiger partial charge in [-0.05, 0) is 0 Å². The quantitative estimate of drug-likeness (QED) is 0.677. The maximum absolute atomic E-state index is 13.2. The van der Waals surface area contributed by atoms with Crippen molar-refractivity contribution in [2.75, 3.05) is 13.7 Å². The molecule has 0 saturated carbocycles. The normalized spacial score (nSPS) is 23.7. The zero-order valence-electron chi connectivity index (χ0n) is 8.72. The Morgan fingerprint density at radius 1 is 1.56 bits per heavy atom. The Labute approximate surface area is 90.3 Å².